The number of hydrogen-bond acceptors (Lipinski definition) is 4. The monoisotopic (exact) mass is 388 g/mol. The zero-order valence-electron chi connectivity index (χ0n) is 13.9. The Labute approximate surface area is 154 Å². The Bertz CT molecular complexity index is 1250. The van der Waals surface area contributed by atoms with E-state index >= 15 is 0 Å². The van der Waals surface area contributed by atoms with Crippen molar-refractivity contribution in [1.29, 1.82) is 0 Å². The summed E-state index contributed by atoms with van der Waals surface area (Å²) in [5.74, 6) is -0.167. The number of hydrogen-bond donors (Lipinski definition) is 0. The number of nitrogens with zero attached hydrogens (tertiary/aromatic N) is 2. The molecule has 3 heterocycles. The van der Waals surface area contributed by atoms with Crippen molar-refractivity contribution in [2.75, 3.05) is 0 Å². The number of rotatable bonds is 2. The molecule has 0 bridgehead atoms. The maximum Gasteiger partial charge on any atom is 0.416 e. The van der Waals surface area contributed by atoms with Gasteiger partial charge < -0.3 is 0 Å². The Morgan fingerprint density at radius 3 is 2.37 bits per heavy atom. The SMILES string of the molecule is CC(=O)c1cnc2c(c1)c1cscc1c(=O)n2-c1ccc(C(F)(F)F)cc1. The van der Waals surface area contributed by atoms with Gasteiger partial charge in [-0.3, -0.25) is 14.2 Å². The minimum atomic E-state index is -4.46. The first-order valence-corrected chi connectivity index (χ1v) is 8.81. The molecule has 3 aromatic heterocycles. The fourth-order valence-electron chi connectivity index (χ4n) is 2.95. The first kappa shape index (κ1) is 17.4. The van der Waals surface area contributed by atoms with Crippen molar-refractivity contribution in [3.05, 3.63) is 68.8 Å². The van der Waals surface area contributed by atoms with Gasteiger partial charge in [0, 0.05) is 27.9 Å². The summed E-state index contributed by atoms with van der Waals surface area (Å²) in [7, 11) is 0. The summed E-state index contributed by atoms with van der Waals surface area (Å²) in [6.45, 7) is 1.42. The van der Waals surface area contributed by atoms with Crippen LogP contribution in [-0.2, 0) is 6.18 Å². The molecule has 0 radical (unpaired) electrons. The number of halogens is 3. The van der Waals surface area contributed by atoms with E-state index in [1.54, 1.807) is 16.8 Å². The van der Waals surface area contributed by atoms with Crippen LogP contribution in [0.1, 0.15) is 22.8 Å². The lowest BCUT2D eigenvalue weighted by Gasteiger charge is -2.13. The molecule has 0 saturated heterocycles. The van der Waals surface area contributed by atoms with Crippen molar-refractivity contribution in [1.82, 2.24) is 9.55 Å². The highest BCUT2D eigenvalue weighted by molar-refractivity contribution is 7.09. The molecule has 4 rings (SSSR count). The molecular formula is C19H11F3N2O2S. The minimum Gasteiger partial charge on any atom is -0.294 e. The Kier molecular flexibility index (Phi) is 3.88. The average Bonchev–Trinajstić information content (AvgIpc) is 3.11. The number of pyridine rings is 2. The molecule has 0 fully saturated rings. The van der Waals surface area contributed by atoms with Crippen molar-refractivity contribution in [2.24, 2.45) is 0 Å². The minimum absolute atomic E-state index is 0.167. The number of ketones is 1. The number of thiophene rings is 1. The smallest absolute Gasteiger partial charge is 0.294 e. The summed E-state index contributed by atoms with van der Waals surface area (Å²) in [6.07, 6.45) is -3.10. The Morgan fingerprint density at radius 2 is 1.74 bits per heavy atom. The van der Waals surface area contributed by atoms with E-state index in [1.807, 2.05) is 0 Å². The van der Waals surface area contributed by atoms with Crippen LogP contribution in [-0.4, -0.2) is 15.3 Å². The summed E-state index contributed by atoms with van der Waals surface area (Å²) >= 11 is 1.33. The van der Waals surface area contributed by atoms with E-state index in [9.17, 15) is 22.8 Å². The molecule has 27 heavy (non-hydrogen) atoms. The third-order valence-electron chi connectivity index (χ3n) is 4.32. The van der Waals surface area contributed by atoms with E-state index in [2.05, 4.69) is 4.98 Å². The van der Waals surface area contributed by atoms with Gasteiger partial charge in [-0.15, -0.1) is 0 Å². The normalized spacial score (nSPS) is 12.0. The quantitative estimate of drug-likeness (QED) is 0.463. The second kappa shape index (κ2) is 6.02. The topological polar surface area (TPSA) is 52.0 Å². The van der Waals surface area contributed by atoms with Crippen LogP contribution in [0.15, 0.2) is 52.1 Å². The summed E-state index contributed by atoms with van der Waals surface area (Å²) < 4.78 is 39.8. The van der Waals surface area contributed by atoms with E-state index in [4.69, 9.17) is 0 Å². The third kappa shape index (κ3) is 2.82. The molecule has 0 amide bonds. The first-order valence-electron chi connectivity index (χ1n) is 7.86. The lowest BCUT2D eigenvalue weighted by molar-refractivity contribution is -0.137. The highest BCUT2D eigenvalue weighted by Crippen LogP contribution is 2.31. The predicted molar refractivity (Wildman–Crippen MR) is 97.7 cm³/mol. The maximum absolute atomic E-state index is 12.9. The lowest BCUT2D eigenvalue weighted by Crippen LogP contribution is -2.20. The van der Waals surface area contributed by atoms with Gasteiger partial charge in [0.05, 0.1) is 16.6 Å². The second-order valence-electron chi connectivity index (χ2n) is 6.04. The fraction of sp³-hybridized carbons (Fsp3) is 0.105. The van der Waals surface area contributed by atoms with Crippen LogP contribution in [0, 0.1) is 0 Å². The van der Waals surface area contributed by atoms with Crippen LogP contribution in [0.3, 0.4) is 0 Å². The number of benzene rings is 1. The van der Waals surface area contributed by atoms with Crippen molar-refractivity contribution in [3.63, 3.8) is 0 Å². The second-order valence-corrected chi connectivity index (χ2v) is 6.78. The van der Waals surface area contributed by atoms with E-state index in [1.165, 1.54) is 41.2 Å². The molecule has 4 aromatic rings. The third-order valence-corrected chi connectivity index (χ3v) is 5.07. The molecule has 4 nitrogen and oxygen atoms in total. The molecule has 0 unspecified atom stereocenters. The van der Waals surface area contributed by atoms with Crippen molar-refractivity contribution in [2.45, 2.75) is 13.1 Å². The molecule has 0 spiro atoms. The molecule has 0 aliphatic rings. The van der Waals surface area contributed by atoms with Crippen LogP contribution in [0.5, 0.6) is 0 Å². The van der Waals surface area contributed by atoms with Gasteiger partial charge in [0.25, 0.3) is 5.56 Å². The maximum atomic E-state index is 12.9. The van der Waals surface area contributed by atoms with Crippen LogP contribution in [0.2, 0.25) is 0 Å². The molecule has 0 aliphatic carbocycles. The number of aromatic nitrogens is 2. The lowest BCUT2D eigenvalue weighted by atomic mass is 10.1. The highest BCUT2D eigenvalue weighted by atomic mass is 32.1. The van der Waals surface area contributed by atoms with E-state index in [0.29, 0.717) is 21.7 Å². The number of alkyl halides is 3. The highest BCUT2D eigenvalue weighted by Gasteiger charge is 2.30. The van der Waals surface area contributed by atoms with Crippen LogP contribution in [0.4, 0.5) is 13.2 Å². The number of carbonyl (C=O) groups is 1. The molecule has 1 aromatic carbocycles. The van der Waals surface area contributed by atoms with E-state index in [-0.39, 0.29) is 22.7 Å². The van der Waals surface area contributed by atoms with Crippen LogP contribution >= 0.6 is 11.3 Å². The number of carbonyl (C=O) groups excluding carboxylic acids is 1. The van der Waals surface area contributed by atoms with Gasteiger partial charge in [0.1, 0.15) is 5.65 Å². The molecular weight excluding hydrogens is 377 g/mol. The van der Waals surface area contributed by atoms with Gasteiger partial charge in [-0.2, -0.15) is 24.5 Å². The number of Topliss-reactive ketones (excluding diaryl/α,β-unsaturated/α-hetero) is 1. The van der Waals surface area contributed by atoms with Gasteiger partial charge in [-0.05, 0) is 42.6 Å². The molecule has 0 aliphatic heterocycles. The van der Waals surface area contributed by atoms with Gasteiger partial charge in [-0.1, -0.05) is 0 Å². The molecule has 0 N–H and O–H groups in total. The van der Waals surface area contributed by atoms with Crippen molar-refractivity contribution >= 4 is 38.9 Å². The zero-order valence-corrected chi connectivity index (χ0v) is 14.7. The average molecular weight is 388 g/mol. The largest absolute Gasteiger partial charge is 0.416 e. The Hall–Kier alpha value is -3.00. The van der Waals surface area contributed by atoms with Gasteiger partial charge >= 0.3 is 6.18 Å². The molecule has 0 saturated carbocycles. The predicted octanol–water partition coefficient (Wildman–Crippen LogP) is 4.82. The fourth-order valence-corrected chi connectivity index (χ4v) is 3.78. The first-order chi connectivity index (χ1) is 12.8. The summed E-state index contributed by atoms with van der Waals surface area (Å²) in [6, 6.07) is 5.98. The van der Waals surface area contributed by atoms with Gasteiger partial charge in [0.15, 0.2) is 5.78 Å². The zero-order chi connectivity index (χ0) is 19.3. The van der Waals surface area contributed by atoms with E-state index in [0.717, 1.165) is 12.1 Å². The standard InChI is InChI=1S/C19H11F3N2O2S/c1-10(25)11-6-14-15-8-27-9-16(15)18(26)24(17(14)23-7-11)13-4-2-12(3-5-13)19(20,21)22/h2-9H,1H3. The summed E-state index contributed by atoms with van der Waals surface area (Å²) in [5, 5.41) is 5.16. The van der Waals surface area contributed by atoms with E-state index < -0.39 is 11.7 Å². The van der Waals surface area contributed by atoms with Gasteiger partial charge in [-0.25, -0.2) is 4.98 Å². The summed E-state index contributed by atoms with van der Waals surface area (Å²) in [5.41, 5.74) is -0.217. The molecule has 136 valence electrons. The van der Waals surface area contributed by atoms with Crippen LogP contribution < -0.4 is 5.56 Å². The van der Waals surface area contributed by atoms with Crippen molar-refractivity contribution < 1.29 is 18.0 Å². The Balaban J connectivity index is 2.06. The number of fused-ring (bicyclic) bond motifs is 3. The molecule has 8 heteroatoms. The van der Waals surface area contributed by atoms with Crippen molar-refractivity contribution in [3.8, 4) is 5.69 Å². The molecule has 0 atom stereocenters. The van der Waals surface area contributed by atoms with Gasteiger partial charge in [0.2, 0.25) is 0 Å². The van der Waals surface area contributed by atoms with Crippen LogP contribution in [0.25, 0.3) is 27.5 Å². The Morgan fingerprint density at radius 1 is 1.07 bits per heavy atom. The summed E-state index contributed by atoms with van der Waals surface area (Å²) in [4.78, 5) is 28.9.